The van der Waals surface area contributed by atoms with Gasteiger partial charge in [-0.25, -0.2) is 13.4 Å². The van der Waals surface area contributed by atoms with E-state index in [9.17, 15) is 8.42 Å². The van der Waals surface area contributed by atoms with Crippen molar-refractivity contribution in [2.75, 3.05) is 10.0 Å². The van der Waals surface area contributed by atoms with Crippen LogP contribution in [0.3, 0.4) is 0 Å². The Balaban J connectivity index is 1.77. The minimum absolute atomic E-state index is 0.278. The Bertz CT molecular complexity index is 1080. The molecular formula is C21H23N3O2S. The molecule has 0 fully saturated rings. The minimum atomic E-state index is -3.66. The van der Waals surface area contributed by atoms with Crippen LogP contribution in [0.1, 0.15) is 22.3 Å². The van der Waals surface area contributed by atoms with E-state index in [-0.39, 0.29) is 4.90 Å². The molecule has 0 aliphatic heterocycles. The summed E-state index contributed by atoms with van der Waals surface area (Å²) in [5.41, 5.74) is 5.37. The lowest BCUT2D eigenvalue weighted by molar-refractivity contribution is 0.600. The van der Waals surface area contributed by atoms with Gasteiger partial charge in [0.1, 0.15) is 5.82 Å². The highest BCUT2D eigenvalue weighted by Crippen LogP contribution is 2.22. The molecule has 27 heavy (non-hydrogen) atoms. The summed E-state index contributed by atoms with van der Waals surface area (Å²) in [6, 6.07) is 14.9. The molecule has 1 aromatic heterocycles. The molecule has 140 valence electrons. The summed E-state index contributed by atoms with van der Waals surface area (Å²) >= 11 is 0. The van der Waals surface area contributed by atoms with Crippen molar-refractivity contribution in [2.24, 2.45) is 0 Å². The highest BCUT2D eigenvalue weighted by molar-refractivity contribution is 7.92. The van der Waals surface area contributed by atoms with Gasteiger partial charge in [-0.3, -0.25) is 4.72 Å². The van der Waals surface area contributed by atoms with Crippen LogP contribution in [0.2, 0.25) is 0 Å². The van der Waals surface area contributed by atoms with Gasteiger partial charge in [0.25, 0.3) is 10.0 Å². The fraction of sp³-hybridized carbons (Fsp3) is 0.190. The third kappa shape index (κ3) is 4.46. The lowest BCUT2D eigenvalue weighted by Crippen LogP contribution is -2.14. The Kier molecular flexibility index (Phi) is 5.19. The van der Waals surface area contributed by atoms with Gasteiger partial charge in [-0.2, -0.15) is 0 Å². The first-order valence-corrected chi connectivity index (χ1v) is 10.1. The van der Waals surface area contributed by atoms with Gasteiger partial charge in [0.15, 0.2) is 0 Å². The van der Waals surface area contributed by atoms with E-state index in [1.165, 1.54) is 17.3 Å². The van der Waals surface area contributed by atoms with Crippen LogP contribution < -0.4 is 10.0 Å². The lowest BCUT2D eigenvalue weighted by atomic mass is 10.1. The van der Waals surface area contributed by atoms with Crippen molar-refractivity contribution in [1.29, 1.82) is 0 Å². The number of pyridine rings is 1. The second kappa shape index (κ2) is 7.40. The zero-order chi connectivity index (χ0) is 19.6. The molecule has 3 aromatic rings. The quantitative estimate of drug-likeness (QED) is 0.662. The molecule has 0 aliphatic rings. The van der Waals surface area contributed by atoms with Crippen molar-refractivity contribution >= 4 is 27.2 Å². The maximum absolute atomic E-state index is 12.7. The van der Waals surface area contributed by atoms with Crippen LogP contribution >= 0.6 is 0 Å². The van der Waals surface area contributed by atoms with Crippen LogP contribution in [0.4, 0.5) is 17.2 Å². The van der Waals surface area contributed by atoms with Crippen molar-refractivity contribution in [3.63, 3.8) is 0 Å². The van der Waals surface area contributed by atoms with Crippen molar-refractivity contribution < 1.29 is 8.42 Å². The summed E-state index contributed by atoms with van der Waals surface area (Å²) < 4.78 is 27.9. The van der Waals surface area contributed by atoms with Crippen LogP contribution in [-0.2, 0) is 10.0 Å². The van der Waals surface area contributed by atoms with Crippen molar-refractivity contribution in [3.8, 4) is 0 Å². The number of nitrogens with zero attached hydrogens (tertiary/aromatic N) is 1. The molecule has 6 heteroatoms. The van der Waals surface area contributed by atoms with Crippen LogP contribution in [0.25, 0.3) is 0 Å². The van der Waals surface area contributed by atoms with Crippen LogP contribution in [0.5, 0.6) is 0 Å². The zero-order valence-electron chi connectivity index (χ0n) is 15.9. The molecule has 0 bridgehead atoms. The zero-order valence-corrected chi connectivity index (χ0v) is 16.7. The molecule has 0 saturated carbocycles. The summed E-state index contributed by atoms with van der Waals surface area (Å²) in [7, 11) is -3.66. The molecule has 0 saturated heterocycles. The first-order valence-electron chi connectivity index (χ1n) is 8.65. The molecule has 0 aliphatic carbocycles. The normalized spacial score (nSPS) is 11.3. The van der Waals surface area contributed by atoms with Gasteiger partial charge < -0.3 is 5.32 Å². The monoisotopic (exact) mass is 381 g/mol. The first-order chi connectivity index (χ1) is 12.7. The van der Waals surface area contributed by atoms with Crippen molar-refractivity contribution in [1.82, 2.24) is 4.98 Å². The number of rotatable bonds is 5. The average Bonchev–Trinajstić information content (AvgIpc) is 2.61. The number of sulfonamides is 1. The van der Waals surface area contributed by atoms with E-state index in [1.807, 2.05) is 31.2 Å². The number of hydrogen-bond acceptors (Lipinski definition) is 4. The number of aryl methyl sites for hydroxylation is 4. The molecule has 3 rings (SSSR count). The second-order valence-electron chi connectivity index (χ2n) is 6.73. The van der Waals surface area contributed by atoms with Crippen LogP contribution in [0.15, 0.2) is 59.6 Å². The maximum Gasteiger partial charge on any atom is 0.262 e. The number of aromatic nitrogens is 1. The molecule has 0 spiro atoms. The topological polar surface area (TPSA) is 71.1 Å². The third-order valence-corrected chi connectivity index (χ3v) is 5.95. The van der Waals surface area contributed by atoms with E-state index in [2.05, 4.69) is 28.9 Å². The fourth-order valence-corrected chi connectivity index (χ4v) is 4.08. The van der Waals surface area contributed by atoms with E-state index >= 15 is 0 Å². The molecule has 1 heterocycles. The summed E-state index contributed by atoms with van der Waals surface area (Å²) in [5.74, 6) is 0.646. The summed E-state index contributed by atoms with van der Waals surface area (Å²) in [6.45, 7) is 7.77. The average molecular weight is 382 g/mol. The molecule has 0 atom stereocenters. The Morgan fingerprint density at radius 1 is 0.778 bits per heavy atom. The Hall–Kier alpha value is -2.86. The molecule has 0 amide bonds. The number of nitrogens with one attached hydrogen (secondary N) is 2. The highest BCUT2D eigenvalue weighted by atomic mass is 32.2. The first kappa shape index (κ1) is 18.9. The van der Waals surface area contributed by atoms with Gasteiger partial charge in [0.05, 0.1) is 16.8 Å². The number of benzene rings is 2. The van der Waals surface area contributed by atoms with Crippen molar-refractivity contribution in [3.05, 3.63) is 77.0 Å². The summed E-state index contributed by atoms with van der Waals surface area (Å²) in [5, 5.41) is 3.22. The third-order valence-electron chi connectivity index (χ3n) is 4.43. The molecule has 0 radical (unpaired) electrons. The van der Waals surface area contributed by atoms with E-state index in [0.29, 0.717) is 17.1 Å². The molecule has 2 aromatic carbocycles. The van der Waals surface area contributed by atoms with E-state index in [0.717, 1.165) is 11.3 Å². The van der Waals surface area contributed by atoms with Gasteiger partial charge in [-0.05, 0) is 80.3 Å². The maximum atomic E-state index is 12.7. The number of anilines is 3. The minimum Gasteiger partial charge on any atom is -0.340 e. The Morgan fingerprint density at radius 3 is 2.15 bits per heavy atom. The Labute approximate surface area is 160 Å². The van der Waals surface area contributed by atoms with E-state index in [1.54, 1.807) is 31.2 Å². The van der Waals surface area contributed by atoms with Gasteiger partial charge in [0, 0.05) is 5.69 Å². The predicted octanol–water partition coefficient (Wildman–Crippen LogP) is 4.86. The largest absolute Gasteiger partial charge is 0.340 e. The SMILES string of the molecule is Cc1ccc(C)c(S(=O)(=O)Nc2ccc(Nc3ccc(C)c(C)c3)nc2)c1. The summed E-state index contributed by atoms with van der Waals surface area (Å²) in [4.78, 5) is 4.58. The lowest BCUT2D eigenvalue weighted by Gasteiger charge is -2.12. The van der Waals surface area contributed by atoms with E-state index < -0.39 is 10.0 Å². The molecule has 2 N–H and O–H groups in total. The Morgan fingerprint density at radius 2 is 1.48 bits per heavy atom. The van der Waals surface area contributed by atoms with Crippen LogP contribution in [-0.4, -0.2) is 13.4 Å². The molecular weight excluding hydrogens is 358 g/mol. The van der Waals surface area contributed by atoms with Gasteiger partial charge in [0.2, 0.25) is 0 Å². The molecule has 5 nitrogen and oxygen atoms in total. The highest BCUT2D eigenvalue weighted by Gasteiger charge is 2.17. The van der Waals surface area contributed by atoms with Gasteiger partial charge in [-0.1, -0.05) is 18.2 Å². The standard InChI is InChI=1S/C21H23N3O2S/c1-14-5-6-16(3)20(11-14)27(25,26)24-19-9-10-21(22-13-19)23-18-8-7-15(2)17(4)12-18/h5-13,24H,1-4H3,(H,22,23). The van der Waals surface area contributed by atoms with Gasteiger partial charge >= 0.3 is 0 Å². The predicted molar refractivity (Wildman–Crippen MR) is 110 cm³/mol. The molecule has 0 unspecified atom stereocenters. The van der Waals surface area contributed by atoms with Gasteiger partial charge in [-0.15, -0.1) is 0 Å². The van der Waals surface area contributed by atoms with Crippen molar-refractivity contribution in [2.45, 2.75) is 32.6 Å². The smallest absolute Gasteiger partial charge is 0.262 e. The number of hydrogen-bond donors (Lipinski definition) is 2. The van der Waals surface area contributed by atoms with Crippen LogP contribution in [0, 0.1) is 27.7 Å². The van der Waals surface area contributed by atoms with E-state index in [4.69, 9.17) is 0 Å². The summed E-state index contributed by atoms with van der Waals surface area (Å²) in [6.07, 6.45) is 1.51. The second-order valence-corrected chi connectivity index (χ2v) is 8.38. The fourth-order valence-electron chi connectivity index (χ4n) is 2.70.